The molecule has 0 aromatic heterocycles. The lowest BCUT2D eigenvalue weighted by molar-refractivity contribution is -0.130. The zero-order valence-electron chi connectivity index (χ0n) is 14.7. The maximum absolute atomic E-state index is 12.5. The van der Waals surface area contributed by atoms with Crippen LogP contribution in [0.2, 0.25) is 0 Å². The normalized spacial score (nSPS) is 11.0. The first-order valence-electron chi connectivity index (χ1n) is 7.72. The van der Waals surface area contributed by atoms with Crippen molar-refractivity contribution in [3.63, 3.8) is 0 Å². The van der Waals surface area contributed by atoms with Gasteiger partial charge in [0.2, 0.25) is 0 Å². The molecule has 0 radical (unpaired) electrons. The van der Waals surface area contributed by atoms with Crippen molar-refractivity contribution in [2.24, 2.45) is 0 Å². The molecule has 0 atom stereocenters. The van der Waals surface area contributed by atoms with Gasteiger partial charge in [-0.2, -0.15) is 0 Å². The molecule has 0 aliphatic heterocycles. The van der Waals surface area contributed by atoms with Crippen molar-refractivity contribution >= 4 is 21.6 Å². The molecule has 6 nitrogen and oxygen atoms in total. The number of anilines is 1. The number of hydrogen-bond acceptors (Lipinski definition) is 4. The monoisotopic (exact) mass is 362 g/mol. The highest BCUT2D eigenvalue weighted by Crippen LogP contribution is 2.22. The van der Waals surface area contributed by atoms with Crippen LogP contribution in [0.25, 0.3) is 0 Å². The minimum Gasteiger partial charge on any atom is -0.484 e. The second-order valence-corrected chi connectivity index (χ2v) is 7.65. The minimum absolute atomic E-state index is 0.0973. The van der Waals surface area contributed by atoms with Gasteiger partial charge in [-0.1, -0.05) is 17.7 Å². The van der Waals surface area contributed by atoms with Gasteiger partial charge >= 0.3 is 0 Å². The highest BCUT2D eigenvalue weighted by molar-refractivity contribution is 7.92. The fraction of sp³-hybridized carbons (Fsp3) is 0.278. The molecular formula is C18H22N2O4S. The highest BCUT2D eigenvalue weighted by atomic mass is 32.2. The molecule has 0 aliphatic rings. The third kappa shape index (κ3) is 4.96. The van der Waals surface area contributed by atoms with E-state index in [1.807, 2.05) is 26.0 Å². The molecule has 7 heteroatoms. The van der Waals surface area contributed by atoms with Crippen LogP contribution < -0.4 is 9.46 Å². The summed E-state index contributed by atoms with van der Waals surface area (Å²) in [6.45, 7) is 3.70. The summed E-state index contributed by atoms with van der Waals surface area (Å²) in [5.74, 6) is 0.258. The van der Waals surface area contributed by atoms with Gasteiger partial charge in [-0.05, 0) is 49.7 Å². The van der Waals surface area contributed by atoms with Gasteiger partial charge in [-0.3, -0.25) is 9.52 Å². The molecule has 134 valence electrons. The summed E-state index contributed by atoms with van der Waals surface area (Å²) in [5, 5.41) is 0. The summed E-state index contributed by atoms with van der Waals surface area (Å²) >= 11 is 0. The standard InChI is InChI=1S/C18H22N2O4S/c1-13-5-10-17(14(2)11-13)19-25(22,23)16-8-6-15(7-9-16)24-12-18(21)20(3)4/h5-11,19H,12H2,1-4H3. The zero-order chi connectivity index (χ0) is 18.6. The molecule has 0 unspecified atom stereocenters. The lowest BCUT2D eigenvalue weighted by Crippen LogP contribution is -2.27. The fourth-order valence-electron chi connectivity index (χ4n) is 2.12. The topological polar surface area (TPSA) is 75.7 Å². The Kier molecular flexibility index (Phi) is 5.69. The van der Waals surface area contributed by atoms with Gasteiger partial charge in [-0.15, -0.1) is 0 Å². The highest BCUT2D eigenvalue weighted by Gasteiger charge is 2.15. The van der Waals surface area contributed by atoms with Gasteiger partial charge in [0.15, 0.2) is 6.61 Å². The average molecular weight is 362 g/mol. The van der Waals surface area contributed by atoms with Gasteiger partial charge < -0.3 is 9.64 Å². The summed E-state index contributed by atoms with van der Waals surface area (Å²) in [6, 6.07) is 11.5. The van der Waals surface area contributed by atoms with Gasteiger partial charge in [0.25, 0.3) is 15.9 Å². The van der Waals surface area contributed by atoms with Gasteiger partial charge in [-0.25, -0.2) is 8.42 Å². The molecule has 0 spiro atoms. The second kappa shape index (κ2) is 7.57. The summed E-state index contributed by atoms with van der Waals surface area (Å²) in [7, 11) is -0.413. The number of nitrogens with zero attached hydrogens (tertiary/aromatic N) is 1. The predicted octanol–water partition coefficient (Wildman–Crippen LogP) is 2.57. The van der Waals surface area contributed by atoms with Crippen molar-refractivity contribution in [1.29, 1.82) is 0 Å². The number of carbonyl (C=O) groups excluding carboxylic acids is 1. The van der Waals surface area contributed by atoms with Crippen molar-refractivity contribution in [3.05, 3.63) is 53.6 Å². The van der Waals surface area contributed by atoms with Crippen LogP contribution in [0, 0.1) is 13.8 Å². The van der Waals surface area contributed by atoms with E-state index in [1.165, 1.54) is 29.2 Å². The van der Waals surface area contributed by atoms with Gasteiger partial charge in [0, 0.05) is 14.1 Å². The average Bonchev–Trinajstić information content (AvgIpc) is 2.55. The Balaban J connectivity index is 2.10. The summed E-state index contributed by atoms with van der Waals surface area (Å²) < 4.78 is 32.9. The molecule has 0 saturated carbocycles. The number of nitrogens with one attached hydrogen (secondary N) is 1. The van der Waals surface area contributed by atoms with Crippen LogP contribution in [0.15, 0.2) is 47.4 Å². The first-order chi connectivity index (χ1) is 11.7. The van der Waals surface area contributed by atoms with Crippen molar-refractivity contribution in [1.82, 2.24) is 4.90 Å². The van der Waals surface area contributed by atoms with E-state index in [4.69, 9.17) is 4.74 Å². The molecule has 25 heavy (non-hydrogen) atoms. The number of hydrogen-bond donors (Lipinski definition) is 1. The molecule has 0 bridgehead atoms. The summed E-state index contributed by atoms with van der Waals surface area (Å²) in [4.78, 5) is 13.0. The van der Waals surface area contributed by atoms with Gasteiger partial charge in [0.05, 0.1) is 10.6 Å². The SMILES string of the molecule is Cc1ccc(NS(=O)(=O)c2ccc(OCC(=O)N(C)C)cc2)c(C)c1. The lowest BCUT2D eigenvalue weighted by atomic mass is 10.1. The van der Waals surface area contributed by atoms with Crippen LogP contribution in [0.4, 0.5) is 5.69 Å². The number of carbonyl (C=O) groups is 1. The van der Waals surface area contributed by atoms with E-state index >= 15 is 0 Å². The maximum atomic E-state index is 12.5. The number of benzene rings is 2. The number of sulfonamides is 1. The summed E-state index contributed by atoms with van der Waals surface area (Å²) in [6.07, 6.45) is 0. The van der Waals surface area contributed by atoms with Crippen molar-refractivity contribution < 1.29 is 17.9 Å². The Morgan fingerprint density at radius 2 is 1.72 bits per heavy atom. The largest absolute Gasteiger partial charge is 0.484 e. The van der Waals surface area contributed by atoms with Crippen LogP contribution in [0.3, 0.4) is 0 Å². The van der Waals surface area contributed by atoms with E-state index in [0.29, 0.717) is 11.4 Å². The number of ether oxygens (including phenoxy) is 1. The van der Waals surface area contributed by atoms with Crippen molar-refractivity contribution in [2.75, 3.05) is 25.4 Å². The predicted molar refractivity (Wildman–Crippen MR) is 97.4 cm³/mol. The smallest absolute Gasteiger partial charge is 0.261 e. The first-order valence-corrected chi connectivity index (χ1v) is 9.20. The lowest BCUT2D eigenvalue weighted by Gasteiger charge is -2.13. The van der Waals surface area contributed by atoms with E-state index in [2.05, 4.69) is 4.72 Å². The van der Waals surface area contributed by atoms with Crippen molar-refractivity contribution in [2.45, 2.75) is 18.7 Å². The Hall–Kier alpha value is -2.54. The Morgan fingerprint density at radius 3 is 2.28 bits per heavy atom. The quantitative estimate of drug-likeness (QED) is 0.857. The Labute approximate surface area is 148 Å². The Morgan fingerprint density at radius 1 is 1.08 bits per heavy atom. The van der Waals surface area contributed by atoms with Crippen LogP contribution in [0.5, 0.6) is 5.75 Å². The number of rotatable bonds is 6. The molecule has 1 amide bonds. The van der Waals surface area contributed by atoms with Crippen molar-refractivity contribution in [3.8, 4) is 5.75 Å². The van der Waals surface area contributed by atoms with Gasteiger partial charge in [0.1, 0.15) is 5.75 Å². The van der Waals surface area contributed by atoms with E-state index < -0.39 is 10.0 Å². The molecule has 2 rings (SSSR count). The van der Waals surface area contributed by atoms with E-state index in [9.17, 15) is 13.2 Å². The first kappa shape index (κ1) is 18.8. The molecule has 1 N–H and O–H groups in total. The zero-order valence-corrected chi connectivity index (χ0v) is 15.6. The van der Waals surface area contributed by atoms with Crippen LogP contribution in [-0.4, -0.2) is 39.9 Å². The third-order valence-electron chi connectivity index (χ3n) is 3.62. The molecule has 2 aromatic rings. The van der Waals surface area contributed by atoms with E-state index in [1.54, 1.807) is 20.2 Å². The minimum atomic E-state index is -3.69. The molecule has 0 heterocycles. The molecular weight excluding hydrogens is 340 g/mol. The molecule has 2 aromatic carbocycles. The fourth-order valence-corrected chi connectivity index (χ4v) is 3.25. The van der Waals surface area contributed by atoms with Crippen LogP contribution in [-0.2, 0) is 14.8 Å². The van der Waals surface area contributed by atoms with Crippen LogP contribution in [0.1, 0.15) is 11.1 Å². The third-order valence-corrected chi connectivity index (χ3v) is 5.00. The molecule has 0 fully saturated rings. The number of likely N-dealkylation sites (N-methyl/N-ethyl adjacent to an activating group) is 1. The van der Waals surface area contributed by atoms with E-state index in [0.717, 1.165) is 11.1 Å². The maximum Gasteiger partial charge on any atom is 0.261 e. The number of aryl methyl sites for hydroxylation is 2. The second-order valence-electron chi connectivity index (χ2n) is 5.97. The molecule has 0 aliphatic carbocycles. The Bertz CT molecular complexity index is 859. The van der Waals surface area contributed by atoms with E-state index in [-0.39, 0.29) is 17.4 Å². The number of amides is 1. The van der Waals surface area contributed by atoms with Crippen LogP contribution >= 0.6 is 0 Å². The summed E-state index contributed by atoms with van der Waals surface area (Å²) in [5.41, 5.74) is 2.46. The molecule has 0 saturated heterocycles.